The molecule has 2 heterocycles. The number of aromatic nitrogens is 2. The van der Waals surface area contributed by atoms with Gasteiger partial charge in [-0.3, -0.25) is 0 Å². The van der Waals surface area contributed by atoms with Gasteiger partial charge in [0.25, 0.3) is 0 Å². The predicted octanol–water partition coefficient (Wildman–Crippen LogP) is 2.16. The van der Waals surface area contributed by atoms with Crippen molar-refractivity contribution in [1.29, 1.82) is 0 Å². The van der Waals surface area contributed by atoms with Crippen molar-refractivity contribution in [1.82, 2.24) is 20.2 Å². The Morgan fingerprint density at radius 1 is 1.25 bits per heavy atom. The highest BCUT2D eigenvalue weighted by Crippen LogP contribution is 2.12. The molecule has 20 heavy (non-hydrogen) atoms. The zero-order valence-electron chi connectivity index (χ0n) is 12.0. The van der Waals surface area contributed by atoms with Crippen LogP contribution in [0.25, 0.3) is 11.0 Å². The standard InChI is InChI=1S/C16H24N4/c1-2-7-16-15(6-1)19-13-20(16)12-4-10-18-14-5-3-9-17-11-8-14/h1-2,6-7,13-14,17-18H,3-5,8-12H2. The summed E-state index contributed by atoms with van der Waals surface area (Å²) in [4.78, 5) is 4.43. The number of fused-ring (bicyclic) bond motifs is 1. The smallest absolute Gasteiger partial charge is 0.0958 e. The van der Waals surface area contributed by atoms with Crippen molar-refractivity contribution in [2.45, 2.75) is 38.3 Å². The fraction of sp³-hybridized carbons (Fsp3) is 0.562. The van der Waals surface area contributed by atoms with Crippen molar-refractivity contribution in [2.75, 3.05) is 19.6 Å². The van der Waals surface area contributed by atoms with Gasteiger partial charge >= 0.3 is 0 Å². The van der Waals surface area contributed by atoms with Crippen molar-refractivity contribution in [2.24, 2.45) is 0 Å². The number of benzene rings is 1. The van der Waals surface area contributed by atoms with Crippen molar-refractivity contribution in [3.63, 3.8) is 0 Å². The van der Waals surface area contributed by atoms with Crippen LogP contribution in [0.4, 0.5) is 0 Å². The Morgan fingerprint density at radius 3 is 3.20 bits per heavy atom. The van der Waals surface area contributed by atoms with Crippen LogP contribution in [0.1, 0.15) is 25.7 Å². The second-order valence-corrected chi connectivity index (χ2v) is 5.61. The fourth-order valence-electron chi connectivity index (χ4n) is 2.97. The number of aryl methyl sites for hydroxylation is 1. The van der Waals surface area contributed by atoms with Crippen LogP contribution in [0.5, 0.6) is 0 Å². The minimum Gasteiger partial charge on any atom is -0.331 e. The Bertz CT molecular complexity index is 526. The van der Waals surface area contributed by atoms with Gasteiger partial charge in [-0.25, -0.2) is 4.98 Å². The van der Waals surface area contributed by atoms with E-state index < -0.39 is 0 Å². The lowest BCUT2D eigenvalue weighted by Crippen LogP contribution is -2.31. The maximum absolute atomic E-state index is 4.43. The predicted molar refractivity (Wildman–Crippen MR) is 82.9 cm³/mol. The van der Waals surface area contributed by atoms with Gasteiger partial charge < -0.3 is 15.2 Å². The molecule has 0 aliphatic carbocycles. The Labute approximate surface area is 120 Å². The minimum atomic E-state index is 0.699. The lowest BCUT2D eigenvalue weighted by molar-refractivity contribution is 0.455. The third-order valence-corrected chi connectivity index (χ3v) is 4.11. The van der Waals surface area contributed by atoms with E-state index in [-0.39, 0.29) is 0 Å². The number of nitrogens with one attached hydrogen (secondary N) is 2. The molecule has 2 aromatic rings. The summed E-state index contributed by atoms with van der Waals surface area (Å²) in [5, 5.41) is 7.16. The third kappa shape index (κ3) is 3.38. The number of rotatable bonds is 5. The van der Waals surface area contributed by atoms with Crippen LogP contribution in [0.15, 0.2) is 30.6 Å². The maximum atomic E-state index is 4.43. The SMILES string of the molecule is c1ccc2c(c1)ncn2CCCNC1CCCNCC1. The summed E-state index contributed by atoms with van der Waals surface area (Å²) in [6, 6.07) is 9.04. The molecular formula is C16H24N4. The Kier molecular flexibility index (Phi) is 4.66. The van der Waals surface area contributed by atoms with E-state index in [4.69, 9.17) is 0 Å². The molecule has 0 radical (unpaired) electrons. The van der Waals surface area contributed by atoms with Crippen molar-refractivity contribution in [3.05, 3.63) is 30.6 Å². The Morgan fingerprint density at radius 2 is 2.20 bits per heavy atom. The fourth-order valence-corrected chi connectivity index (χ4v) is 2.97. The van der Waals surface area contributed by atoms with Crippen molar-refractivity contribution >= 4 is 11.0 Å². The molecule has 1 aliphatic rings. The van der Waals surface area contributed by atoms with E-state index in [2.05, 4.69) is 38.4 Å². The first-order chi connectivity index (χ1) is 9.93. The lowest BCUT2D eigenvalue weighted by atomic mass is 10.1. The van der Waals surface area contributed by atoms with Crippen molar-refractivity contribution in [3.8, 4) is 0 Å². The van der Waals surface area contributed by atoms with E-state index in [9.17, 15) is 0 Å². The number of imidazole rings is 1. The Balaban J connectivity index is 1.45. The molecule has 1 unspecified atom stereocenters. The van der Waals surface area contributed by atoms with Gasteiger partial charge in [-0.1, -0.05) is 12.1 Å². The second-order valence-electron chi connectivity index (χ2n) is 5.61. The molecule has 4 heteroatoms. The minimum absolute atomic E-state index is 0.699. The summed E-state index contributed by atoms with van der Waals surface area (Å²) < 4.78 is 2.26. The molecule has 0 bridgehead atoms. The van der Waals surface area contributed by atoms with Crippen LogP contribution in [0.2, 0.25) is 0 Å². The monoisotopic (exact) mass is 272 g/mol. The van der Waals surface area contributed by atoms with Crippen LogP contribution in [0, 0.1) is 0 Å². The molecule has 1 fully saturated rings. The van der Waals surface area contributed by atoms with Gasteiger partial charge in [0, 0.05) is 12.6 Å². The first kappa shape index (κ1) is 13.6. The molecule has 1 atom stereocenters. The van der Waals surface area contributed by atoms with Gasteiger partial charge in [-0.15, -0.1) is 0 Å². The number of hydrogen-bond donors (Lipinski definition) is 2. The highest BCUT2D eigenvalue weighted by atomic mass is 15.0. The number of para-hydroxylation sites is 2. The topological polar surface area (TPSA) is 41.9 Å². The number of nitrogens with zero attached hydrogens (tertiary/aromatic N) is 2. The Hall–Kier alpha value is -1.39. The quantitative estimate of drug-likeness (QED) is 0.820. The summed E-state index contributed by atoms with van der Waals surface area (Å²) in [7, 11) is 0. The summed E-state index contributed by atoms with van der Waals surface area (Å²) in [6.07, 6.45) is 6.98. The van der Waals surface area contributed by atoms with E-state index in [0.717, 1.165) is 31.6 Å². The zero-order chi connectivity index (χ0) is 13.6. The highest BCUT2D eigenvalue weighted by Gasteiger charge is 2.10. The second kappa shape index (κ2) is 6.86. The molecule has 1 aromatic heterocycles. The van der Waals surface area contributed by atoms with E-state index in [0.29, 0.717) is 6.04 Å². The largest absolute Gasteiger partial charge is 0.331 e. The van der Waals surface area contributed by atoms with E-state index in [1.807, 2.05) is 12.4 Å². The summed E-state index contributed by atoms with van der Waals surface area (Å²) in [5.74, 6) is 0. The molecule has 4 nitrogen and oxygen atoms in total. The molecule has 0 saturated carbocycles. The number of hydrogen-bond acceptors (Lipinski definition) is 3. The molecule has 0 amide bonds. The zero-order valence-corrected chi connectivity index (χ0v) is 12.0. The molecular weight excluding hydrogens is 248 g/mol. The molecule has 1 aliphatic heterocycles. The van der Waals surface area contributed by atoms with E-state index >= 15 is 0 Å². The van der Waals surface area contributed by atoms with E-state index in [1.165, 1.54) is 31.3 Å². The van der Waals surface area contributed by atoms with Gasteiger partial charge in [0.2, 0.25) is 0 Å². The van der Waals surface area contributed by atoms with Gasteiger partial charge in [-0.05, 0) is 57.5 Å². The summed E-state index contributed by atoms with van der Waals surface area (Å²) in [5.41, 5.74) is 2.33. The highest BCUT2D eigenvalue weighted by molar-refractivity contribution is 5.74. The first-order valence-corrected chi connectivity index (χ1v) is 7.77. The average Bonchev–Trinajstić information content (AvgIpc) is 2.71. The molecule has 3 rings (SSSR count). The van der Waals surface area contributed by atoms with Crippen LogP contribution in [0.3, 0.4) is 0 Å². The lowest BCUT2D eigenvalue weighted by Gasteiger charge is -2.15. The van der Waals surface area contributed by atoms with Gasteiger partial charge in [0.1, 0.15) is 0 Å². The van der Waals surface area contributed by atoms with Gasteiger partial charge in [-0.2, -0.15) is 0 Å². The first-order valence-electron chi connectivity index (χ1n) is 7.77. The molecule has 1 aromatic carbocycles. The summed E-state index contributed by atoms with van der Waals surface area (Å²) in [6.45, 7) is 4.47. The van der Waals surface area contributed by atoms with Crippen LogP contribution >= 0.6 is 0 Å². The average molecular weight is 272 g/mol. The molecule has 0 spiro atoms. The normalized spacial score (nSPS) is 20.1. The van der Waals surface area contributed by atoms with Crippen LogP contribution < -0.4 is 10.6 Å². The maximum Gasteiger partial charge on any atom is 0.0958 e. The molecule has 2 N–H and O–H groups in total. The van der Waals surface area contributed by atoms with E-state index in [1.54, 1.807) is 0 Å². The van der Waals surface area contributed by atoms with Gasteiger partial charge in [0.15, 0.2) is 0 Å². The van der Waals surface area contributed by atoms with Crippen molar-refractivity contribution < 1.29 is 0 Å². The summed E-state index contributed by atoms with van der Waals surface area (Å²) >= 11 is 0. The third-order valence-electron chi connectivity index (χ3n) is 4.11. The molecule has 1 saturated heterocycles. The molecule has 108 valence electrons. The van der Waals surface area contributed by atoms with Gasteiger partial charge in [0.05, 0.1) is 17.4 Å². The van der Waals surface area contributed by atoms with Crippen LogP contribution in [-0.2, 0) is 6.54 Å². The van der Waals surface area contributed by atoms with Crippen LogP contribution in [-0.4, -0.2) is 35.2 Å².